The highest BCUT2D eigenvalue weighted by molar-refractivity contribution is 5.30. The summed E-state index contributed by atoms with van der Waals surface area (Å²) in [4.78, 5) is 2.55. The molecule has 1 aromatic rings. The molecular weight excluding hydrogens is 260 g/mol. The molecule has 3 heteroatoms. The van der Waals surface area contributed by atoms with Gasteiger partial charge in [-0.25, -0.2) is 0 Å². The van der Waals surface area contributed by atoms with E-state index in [0.29, 0.717) is 12.0 Å². The maximum atomic E-state index is 6.89. The van der Waals surface area contributed by atoms with E-state index >= 15 is 0 Å². The Labute approximate surface area is 127 Å². The Morgan fingerprint density at radius 2 is 2.05 bits per heavy atom. The van der Waals surface area contributed by atoms with E-state index < -0.39 is 0 Å². The maximum absolute atomic E-state index is 6.89. The first-order valence-corrected chi connectivity index (χ1v) is 8.22. The van der Waals surface area contributed by atoms with Crippen LogP contribution < -0.4 is 5.73 Å². The Hall–Kier alpha value is -0.900. The van der Waals surface area contributed by atoms with E-state index in [-0.39, 0.29) is 11.0 Å². The number of nitrogens with zero attached hydrogens (tertiary/aromatic N) is 1. The summed E-state index contributed by atoms with van der Waals surface area (Å²) in [5.74, 6) is 0.546. The van der Waals surface area contributed by atoms with Gasteiger partial charge in [0.25, 0.3) is 0 Å². The van der Waals surface area contributed by atoms with E-state index in [9.17, 15) is 0 Å². The number of hydrogen-bond acceptors (Lipinski definition) is 3. The molecule has 0 aromatic heterocycles. The Kier molecular flexibility index (Phi) is 2.97. The largest absolute Gasteiger partial charge is 0.377 e. The maximum Gasteiger partial charge on any atom is 0.0691 e. The van der Waals surface area contributed by atoms with Crippen molar-refractivity contribution >= 4 is 0 Å². The van der Waals surface area contributed by atoms with E-state index in [1.54, 1.807) is 0 Å². The number of rotatable bonds is 2. The minimum Gasteiger partial charge on any atom is -0.377 e. The molecule has 1 aliphatic carbocycles. The normalized spacial score (nSPS) is 37.7. The van der Waals surface area contributed by atoms with E-state index in [4.69, 9.17) is 10.5 Å². The highest BCUT2D eigenvalue weighted by atomic mass is 16.5. The van der Waals surface area contributed by atoms with Gasteiger partial charge in [0.15, 0.2) is 0 Å². The van der Waals surface area contributed by atoms with Crippen molar-refractivity contribution < 1.29 is 4.74 Å². The fourth-order valence-corrected chi connectivity index (χ4v) is 4.86. The molecule has 3 atom stereocenters. The summed E-state index contributed by atoms with van der Waals surface area (Å²) in [5, 5.41) is 0. The molecule has 2 fully saturated rings. The van der Waals surface area contributed by atoms with Crippen molar-refractivity contribution in [2.75, 3.05) is 19.7 Å². The summed E-state index contributed by atoms with van der Waals surface area (Å²) < 4.78 is 5.91. The topological polar surface area (TPSA) is 38.5 Å². The summed E-state index contributed by atoms with van der Waals surface area (Å²) >= 11 is 0. The molecule has 0 amide bonds. The minimum absolute atomic E-state index is 0.0884. The van der Waals surface area contributed by atoms with E-state index in [1.165, 1.54) is 11.1 Å². The van der Waals surface area contributed by atoms with Crippen molar-refractivity contribution in [3.05, 3.63) is 35.4 Å². The molecule has 2 N–H and O–H groups in total. The van der Waals surface area contributed by atoms with Gasteiger partial charge in [-0.3, -0.25) is 4.90 Å². The Morgan fingerprint density at radius 3 is 2.86 bits per heavy atom. The van der Waals surface area contributed by atoms with Gasteiger partial charge in [0.1, 0.15) is 0 Å². The quantitative estimate of drug-likeness (QED) is 0.905. The van der Waals surface area contributed by atoms with Crippen LogP contribution in [0.2, 0.25) is 0 Å². The van der Waals surface area contributed by atoms with Gasteiger partial charge in [-0.15, -0.1) is 0 Å². The molecule has 1 aromatic carbocycles. The summed E-state index contributed by atoms with van der Waals surface area (Å²) in [5.41, 5.74) is 9.87. The standard InChI is InChI=1S/C18H26N2O/c1-17(2)16-15(8-10-21-16)18(17,19)12-20-9-7-13-5-3-4-6-14(13)11-20/h3-6,15-16H,7-12,19H2,1-2H3. The van der Waals surface area contributed by atoms with Crippen LogP contribution >= 0.6 is 0 Å². The number of nitrogens with two attached hydrogens (primary N) is 1. The van der Waals surface area contributed by atoms with Gasteiger partial charge in [0.2, 0.25) is 0 Å². The monoisotopic (exact) mass is 286 g/mol. The molecule has 3 aliphatic rings. The molecule has 3 unspecified atom stereocenters. The molecule has 0 radical (unpaired) electrons. The van der Waals surface area contributed by atoms with Gasteiger partial charge in [-0.05, 0) is 24.0 Å². The van der Waals surface area contributed by atoms with Crippen molar-refractivity contribution in [3.63, 3.8) is 0 Å². The SMILES string of the molecule is CC1(C)C2OCCC2C1(N)CN1CCc2ccccc2C1. The number of hydrogen-bond donors (Lipinski definition) is 1. The zero-order chi connectivity index (χ0) is 14.7. The van der Waals surface area contributed by atoms with Crippen LogP contribution in [-0.2, 0) is 17.7 Å². The lowest BCUT2D eigenvalue weighted by atomic mass is 9.48. The second-order valence-electron chi connectivity index (χ2n) is 7.68. The van der Waals surface area contributed by atoms with Crippen LogP contribution in [0.25, 0.3) is 0 Å². The van der Waals surface area contributed by atoms with Gasteiger partial charge >= 0.3 is 0 Å². The minimum atomic E-state index is -0.0968. The highest BCUT2D eigenvalue weighted by Gasteiger charge is 2.67. The predicted molar refractivity (Wildman–Crippen MR) is 84.0 cm³/mol. The molecule has 2 aliphatic heterocycles. The van der Waals surface area contributed by atoms with Crippen LogP contribution in [0.15, 0.2) is 24.3 Å². The lowest BCUT2D eigenvalue weighted by Crippen LogP contribution is -2.78. The van der Waals surface area contributed by atoms with E-state index in [0.717, 1.165) is 39.1 Å². The Morgan fingerprint density at radius 1 is 1.29 bits per heavy atom. The predicted octanol–water partition coefficient (Wildman–Crippen LogP) is 2.19. The molecule has 114 valence electrons. The van der Waals surface area contributed by atoms with Crippen LogP contribution in [0.5, 0.6) is 0 Å². The first-order valence-electron chi connectivity index (χ1n) is 8.22. The zero-order valence-corrected chi connectivity index (χ0v) is 13.1. The van der Waals surface area contributed by atoms with Crippen molar-refractivity contribution in [1.29, 1.82) is 0 Å². The number of fused-ring (bicyclic) bond motifs is 2. The second-order valence-corrected chi connectivity index (χ2v) is 7.68. The first kappa shape index (κ1) is 13.7. The average Bonchev–Trinajstić information content (AvgIpc) is 2.96. The van der Waals surface area contributed by atoms with Gasteiger partial charge in [0, 0.05) is 43.1 Å². The average molecular weight is 286 g/mol. The molecule has 0 spiro atoms. The Bertz CT molecular complexity index is 556. The Balaban J connectivity index is 1.52. The summed E-state index contributed by atoms with van der Waals surface area (Å²) in [6.45, 7) is 8.64. The lowest BCUT2D eigenvalue weighted by molar-refractivity contribution is -0.164. The van der Waals surface area contributed by atoms with Crippen molar-refractivity contribution in [3.8, 4) is 0 Å². The smallest absolute Gasteiger partial charge is 0.0691 e. The molecule has 1 saturated carbocycles. The third kappa shape index (κ3) is 1.84. The number of ether oxygens (including phenoxy) is 1. The summed E-state index contributed by atoms with van der Waals surface area (Å²) in [6, 6.07) is 8.82. The molecular formula is C18H26N2O. The molecule has 2 heterocycles. The van der Waals surface area contributed by atoms with Crippen LogP contribution in [0.1, 0.15) is 31.4 Å². The van der Waals surface area contributed by atoms with Crippen LogP contribution in [0, 0.1) is 11.3 Å². The third-order valence-electron chi connectivity index (χ3n) is 6.36. The van der Waals surface area contributed by atoms with Gasteiger partial charge in [0.05, 0.1) is 6.10 Å². The van der Waals surface area contributed by atoms with Crippen molar-refractivity contribution in [2.45, 2.75) is 44.9 Å². The molecule has 3 nitrogen and oxygen atoms in total. The second kappa shape index (κ2) is 4.55. The molecule has 0 bridgehead atoms. The lowest BCUT2D eigenvalue weighted by Gasteiger charge is -2.63. The van der Waals surface area contributed by atoms with Crippen molar-refractivity contribution in [2.24, 2.45) is 17.1 Å². The zero-order valence-electron chi connectivity index (χ0n) is 13.1. The summed E-state index contributed by atoms with van der Waals surface area (Å²) in [6.07, 6.45) is 2.66. The van der Waals surface area contributed by atoms with E-state index in [1.807, 2.05) is 0 Å². The van der Waals surface area contributed by atoms with E-state index in [2.05, 4.69) is 43.0 Å². The van der Waals surface area contributed by atoms with Crippen LogP contribution in [0.3, 0.4) is 0 Å². The first-order chi connectivity index (χ1) is 10.0. The van der Waals surface area contributed by atoms with Gasteiger partial charge < -0.3 is 10.5 Å². The van der Waals surface area contributed by atoms with Gasteiger partial charge in [-0.2, -0.15) is 0 Å². The summed E-state index contributed by atoms with van der Waals surface area (Å²) in [7, 11) is 0. The fourth-order valence-electron chi connectivity index (χ4n) is 4.86. The van der Waals surface area contributed by atoms with Gasteiger partial charge in [-0.1, -0.05) is 38.1 Å². The number of benzene rings is 1. The van der Waals surface area contributed by atoms with Crippen LogP contribution in [-0.4, -0.2) is 36.2 Å². The van der Waals surface area contributed by atoms with Crippen LogP contribution in [0.4, 0.5) is 0 Å². The van der Waals surface area contributed by atoms with Crippen molar-refractivity contribution in [1.82, 2.24) is 4.90 Å². The molecule has 21 heavy (non-hydrogen) atoms. The molecule has 4 rings (SSSR count). The highest BCUT2D eigenvalue weighted by Crippen LogP contribution is 2.58. The molecule has 1 saturated heterocycles. The fraction of sp³-hybridized carbons (Fsp3) is 0.667. The third-order valence-corrected chi connectivity index (χ3v) is 6.36.